The number of hydrogen-bond acceptors (Lipinski definition) is 2. The first-order valence-electron chi connectivity index (χ1n) is 7.76. The lowest BCUT2D eigenvalue weighted by atomic mass is 10.1. The number of unbranched alkanes of at least 4 members (excludes halogenated alkanes) is 5. The van der Waals surface area contributed by atoms with E-state index in [1.807, 2.05) is 12.1 Å². The minimum atomic E-state index is 0.310. The highest BCUT2D eigenvalue weighted by molar-refractivity contribution is 5.46. The summed E-state index contributed by atoms with van der Waals surface area (Å²) in [5, 5.41) is 9.54. The fraction of sp³-hybridized carbons (Fsp3) is 0.647. The zero-order valence-corrected chi connectivity index (χ0v) is 13.3. The number of phenolic OH excluding ortho intramolecular Hbond substituents is 1. The Morgan fingerprint density at radius 2 is 1.75 bits per heavy atom. The standard InChI is InChI=1S/C17H29NO2/c1-4-5-6-7-8-9-13-20-15-18(2,3)16-11-10-12-17(19)14-16/h10-12,14H,4-9,13,15H2,1-3H3/p+1. The third-order valence-electron chi connectivity index (χ3n) is 3.58. The molecule has 1 N–H and O–H groups in total. The molecule has 0 heterocycles. The molecular formula is C17H30NO2+. The zero-order valence-electron chi connectivity index (χ0n) is 13.3. The Hall–Kier alpha value is -1.06. The minimum absolute atomic E-state index is 0.310. The van der Waals surface area contributed by atoms with Gasteiger partial charge in [0.2, 0.25) is 0 Å². The molecule has 1 aromatic rings. The maximum absolute atomic E-state index is 9.54. The summed E-state index contributed by atoms with van der Waals surface area (Å²) in [5.41, 5.74) is 1.06. The largest absolute Gasteiger partial charge is 0.508 e. The van der Waals surface area contributed by atoms with Crippen molar-refractivity contribution < 1.29 is 9.84 Å². The Balaban J connectivity index is 2.20. The van der Waals surface area contributed by atoms with Gasteiger partial charge in [0.1, 0.15) is 11.4 Å². The Bertz CT molecular complexity index is 377. The van der Waals surface area contributed by atoms with E-state index in [4.69, 9.17) is 4.74 Å². The molecule has 0 bridgehead atoms. The molecule has 1 rings (SSSR count). The number of aromatic hydroxyl groups is 1. The van der Waals surface area contributed by atoms with Crippen molar-refractivity contribution >= 4 is 5.69 Å². The zero-order chi connectivity index (χ0) is 14.8. The van der Waals surface area contributed by atoms with Gasteiger partial charge in [0.05, 0.1) is 20.7 Å². The topological polar surface area (TPSA) is 29.5 Å². The van der Waals surface area contributed by atoms with Crippen LogP contribution in [-0.4, -0.2) is 32.5 Å². The number of rotatable bonds is 10. The molecule has 0 aliphatic rings. The van der Waals surface area contributed by atoms with Crippen LogP contribution in [0.1, 0.15) is 45.4 Å². The predicted molar refractivity (Wildman–Crippen MR) is 85.9 cm³/mol. The van der Waals surface area contributed by atoms with Crippen molar-refractivity contribution in [1.82, 2.24) is 4.48 Å². The van der Waals surface area contributed by atoms with Crippen LogP contribution in [0.2, 0.25) is 0 Å². The van der Waals surface area contributed by atoms with E-state index < -0.39 is 0 Å². The lowest BCUT2D eigenvalue weighted by molar-refractivity contribution is 0.0561. The summed E-state index contributed by atoms with van der Waals surface area (Å²) >= 11 is 0. The van der Waals surface area contributed by atoms with Gasteiger partial charge in [-0.05, 0) is 18.6 Å². The monoisotopic (exact) mass is 280 g/mol. The van der Waals surface area contributed by atoms with Gasteiger partial charge in [0.15, 0.2) is 6.73 Å². The van der Waals surface area contributed by atoms with E-state index >= 15 is 0 Å². The predicted octanol–water partition coefficient (Wildman–Crippen LogP) is 4.29. The van der Waals surface area contributed by atoms with Crippen LogP contribution in [0.25, 0.3) is 0 Å². The van der Waals surface area contributed by atoms with Crippen molar-refractivity contribution in [1.29, 1.82) is 0 Å². The molecule has 0 aliphatic carbocycles. The van der Waals surface area contributed by atoms with Crippen molar-refractivity contribution in [2.75, 3.05) is 27.4 Å². The minimum Gasteiger partial charge on any atom is -0.508 e. The molecule has 0 radical (unpaired) electrons. The normalized spacial score (nSPS) is 11.8. The van der Waals surface area contributed by atoms with Gasteiger partial charge in [-0.2, -0.15) is 0 Å². The van der Waals surface area contributed by atoms with Gasteiger partial charge in [-0.1, -0.05) is 45.1 Å². The van der Waals surface area contributed by atoms with Crippen LogP contribution in [0.3, 0.4) is 0 Å². The van der Waals surface area contributed by atoms with E-state index in [0.717, 1.165) is 18.7 Å². The summed E-state index contributed by atoms with van der Waals surface area (Å²) in [6.07, 6.45) is 7.72. The lowest BCUT2D eigenvalue weighted by Gasteiger charge is -2.28. The van der Waals surface area contributed by atoms with E-state index in [2.05, 4.69) is 21.0 Å². The van der Waals surface area contributed by atoms with Crippen LogP contribution < -0.4 is 4.48 Å². The molecule has 0 fully saturated rings. The maximum atomic E-state index is 9.54. The van der Waals surface area contributed by atoms with Crippen molar-refractivity contribution in [3.8, 4) is 5.75 Å². The van der Waals surface area contributed by atoms with Crippen molar-refractivity contribution in [2.24, 2.45) is 0 Å². The molecule has 0 aromatic heterocycles. The van der Waals surface area contributed by atoms with Gasteiger partial charge in [-0.3, -0.25) is 4.48 Å². The van der Waals surface area contributed by atoms with E-state index in [1.54, 1.807) is 12.1 Å². The number of benzene rings is 1. The second-order valence-corrected chi connectivity index (χ2v) is 6.01. The highest BCUT2D eigenvalue weighted by Gasteiger charge is 2.19. The van der Waals surface area contributed by atoms with Gasteiger partial charge in [-0.25, -0.2) is 0 Å². The smallest absolute Gasteiger partial charge is 0.187 e. The molecule has 114 valence electrons. The Kier molecular flexibility index (Phi) is 7.63. The molecule has 0 saturated carbocycles. The average Bonchev–Trinajstić information content (AvgIpc) is 2.42. The molecule has 3 heteroatoms. The SMILES string of the molecule is CCCCCCCCOC[N+](C)(C)c1cccc(O)c1. The summed E-state index contributed by atoms with van der Waals surface area (Å²) < 4.78 is 6.42. The number of quaternary nitrogens is 1. The van der Waals surface area contributed by atoms with Crippen LogP contribution >= 0.6 is 0 Å². The molecule has 0 spiro atoms. The van der Waals surface area contributed by atoms with Crippen LogP contribution in [0.15, 0.2) is 24.3 Å². The molecule has 1 aromatic carbocycles. The summed E-state index contributed by atoms with van der Waals surface area (Å²) in [5.74, 6) is 0.310. The lowest BCUT2D eigenvalue weighted by Crippen LogP contribution is -2.42. The molecule has 20 heavy (non-hydrogen) atoms. The fourth-order valence-corrected chi connectivity index (χ4v) is 2.22. The summed E-state index contributed by atoms with van der Waals surface area (Å²) in [7, 11) is 4.19. The Labute approximate surface area is 123 Å². The van der Waals surface area contributed by atoms with Crippen molar-refractivity contribution in [2.45, 2.75) is 45.4 Å². The van der Waals surface area contributed by atoms with E-state index in [9.17, 15) is 5.11 Å². The van der Waals surface area contributed by atoms with Gasteiger partial charge in [0.25, 0.3) is 0 Å². The number of nitrogens with zero attached hydrogens (tertiary/aromatic N) is 1. The van der Waals surface area contributed by atoms with Crippen LogP contribution in [0.4, 0.5) is 5.69 Å². The molecule has 3 nitrogen and oxygen atoms in total. The quantitative estimate of drug-likeness (QED) is 0.393. The average molecular weight is 280 g/mol. The van der Waals surface area contributed by atoms with Gasteiger partial charge in [0, 0.05) is 6.07 Å². The third-order valence-corrected chi connectivity index (χ3v) is 3.58. The van der Waals surface area contributed by atoms with Gasteiger partial charge >= 0.3 is 0 Å². The highest BCUT2D eigenvalue weighted by atomic mass is 16.5. The molecule has 0 amide bonds. The highest BCUT2D eigenvalue weighted by Crippen LogP contribution is 2.23. The molecule has 0 aliphatic heterocycles. The van der Waals surface area contributed by atoms with Gasteiger partial charge < -0.3 is 9.84 Å². The first-order valence-corrected chi connectivity index (χ1v) is 7.76. The summed E-state index contributed by atoms with van der Waals surface area (Å²) in [6.45, 7) is 3.70. The Morgan fingerprint density at radius 3 is 2.45 bits per heavy atom. The molecule has 0 saturated heterocycles. The van der Waals surface area contributed by atoms with Crippen molar-refractivity contribution in [3.63, 3.8) is 0 Å². The molecule has 0 unspecified atom stereocenters. The second kappa shape index (κ2) is 8.98. The fourth-order valence-electron chi connectivity index (χ4n) is 2.22. The van der Waals surface area contributed by atoms with Gasteiger partial charge in [-0.15, -0.1) is 0 Å². The molecule has 0 atom stereocenters. The first kappa shape index (κ1) is 17.0. The maximum Gasteiger partial charge on any atom is 0.187 e. The summed E-state index contributed by atoms with van der Waals surface area (Å²) in [4.78, 5) is 0. The van der Waals surface area contributed by atoms with Crippen LogP contribution in [0, 0.1) is 0 Å². The number of ether oxygens (including phenoxy) is 1. The first-order chi connectivity index (χ1) is 9.56. The second-order valence-electron chi connectivity index (χ2n) is 6.01. The number of phenols is 1. The third kappa shape index (κ3) is 6.40. The van der Waals surface area contributed by atoms with E-state index in [1.165, 1.54) is 32.1 Å². The van der Waals surface area contributed by atoms with Crippen molar-refractivity contribution in [3.05, 3.63) is 24.3 Å². The van der Waals surface area contributed by atoms with E-state index in [-0.39, 0.29) is 0 Å². The summed E-state index contributed by atoms with van der Waals surface area (Å²) in [6, 6.07) is 7.39. The molecular weight excluding hydrogens is 250 g/mol. The van der Waals surface area contributed by atoms with E-state index in [0.29, 0.717) is 17.0 Å². The Morgan fingerprint density at radius 1 is 1.05 bits per heavy atom. The van der Waals surface area contributed by atoms with Crippen LogP contribution in [-0.2, 0) is 4.74 Å². The van der Waals surface area contributed by atoms with Crippen LogP contribution in [0.5, 0.6) is 5.75 Å². The number of hydrogen-bond donors (Lipinski definition) is 1.